The molecule has 1 aromatic carbocycles. The second-order valence-corrected chi connectivity index (χ2v) is 5.03. The highest BCUT2D eigenvalue weighted by molar-refractivity contribution is 5.58. The van der Waals surface area contributed by atoms with Crippen LogP contribution in [0.4, 0.5) is 0 Å². The zero-order valence-corrected chi connectivity index (χ0v) is 10.7. The van der Waals surface area contributed by atoms with E-state index in [-0.39, 0.29) is 5.54 Å². The summed E-state index contributed by atoms with van der Waals surface area (Å²) in [6, 6.07) is 3.83. The van der Waals surface area contributed by atoms with Gasteiger partial charge in [0.15, 0.2) is 11.5 Å². The third kappa shape index (κ3) is 1.72. The Morgan fingerprint density at radius 2 is 1.94 bits per heavy atom. The Kier molecular flexibility index (Phi) is 2.82. The molecule has 1 aliphatic heterocycles. The van der Waals surface area contributed by atoms with Gasteiger partial charge in [0.2, 0.25) is 0 Å². The highest BCUT2D eigenvalue weighted by Crippen LogP contribution is 2.50. The number of hydrogen-bond donors (Lipinski definition) is 1. The van der Waals surface area contributed by atoms with E-state index in [1.54, 1.807) is 7.11 Å². The summed E-state index contributed by atoms with van der Waals surface area (Å²) in [5, 5.41) is 0. The van der Waals surface area contributed by atoms with Crippen molar-refractivity contribution in [3.63, 3.8) is 0 Å². The van der Waals surface area contributed by atoms with Crippen molar-refractivity contribution in [1.82, 2.24) is 0 Å². The summed E-state index contributed by atoms with van der Waals surface area (Å²) in [6.07, 6.45) is 4.00. The van der Waals surface area contributed by atoms with Gasteiger partial charge in [-0.15, -0.1) is 0 Å². The summed E-state index contributed by atoms with van der Waals surface area (Å²) in [5.41, 5.74) is 7.13. The minimum atomic E-state index is -0.315. The van der Waals surface area contributed by atoms with Crippen LogP contribution in [0.25, 0.3) is 0 Å². The van der Waals surface area contributed by atoms with Crippen LogP contribution in [0.2, 0.25) is 0 Å². The highest BCUT2D eigenvalue weighted by atomic mass is 16.5. The second-order valence-electron chi connectivity index (χ2n) is 5.03. The predicted molar refractivity (Wildman–Crippen MR) is 68.3 cm³/mol. The number of hydrogen-bond acceptors (Lipinski definition) is 4. The van der Waals surface area contributed by atoms with Gasteiger partial charge in [0.05, 0.1) is 25.9 Å². The van der Waals surface area contributed by atoms with Crippen LogP contribution in [0.3, 0.4) is 0 Å². The van der Waals surface area contributed by atoms with Crippen molar-refractivity contribution < 1.29 is 14.2 Å². The lowest BCUT2D eigenvalue weighted by molar-refractivity contribution is 0.227. The van der Waals surface area contributed by atoms with Gasteiger partial charge >= 0.3 is 0 Å². The number of ether oxygens (including phenoxy) is 3. The lowest BCUT2D eigenvalue weighted by Gasteiger charge is -2.40. The molecule has 0 saturated heterocycles. The third-order valence-electron chi connectivity index (χ3n) is 3.84. The SMILES string of the molecule is COc1ccc2c(c1C1(N)CCC1)OCCCO2. The fraction of sp³-hybridized carbons (Fsp3) is 0.571. The summed E-state index contributed by atoms with van der Waals surface area (Å²) in [5.74, 6) is 2.38. The molecule has 0 amide bonds. The van der Waals surface area contributed by atoms with Gasteiger partial charge in [-0.2, -0.15) is 0 Å². The molecule has 2 aliphatic rings. The van der Waals surface area contributed by atoms with E-state index >= 15 is 0 Å². The van der Waals surface area contributed by atoms with Crippen molar-refractivity contribution in [2.24, 2.45) is 5.73 Å². The molecule has 18 heavy (non-hydrogen) atoms. The van der Waals surface area contributed by atoms with Crippen molar-refractivity contribution >= 4 is 0 Å². The fourth-order valence-electron chi connectivity index (χ4n) is 2.67. The molecule has 0 atom stereocenters. The molecule has 1 aromatic rings. The van der Waals surface area contributed by atoms with Gasteiger partial charge in [-0.1, -0.05) is 0 Å². The van der Waals surface area contributed by atoms with Crippen LogP contribution in [0.5, 0.6) is 17.2 Å². The molecular formula is C14H19NO3. The smallest absolute Gasteiger partial charge is 0.169 e. The van der Waals surface area contributed by atoms with Crippen LogP contribution in [-0.2, 0) is 5.54 Å². The zero-order valence-electron chi connectivity index (χ0n) is 10.7. The van der Waals surface area contributed by atoms with Crippen LogP contribution in [0, 0.1) is 0 Å². The largest absolute Gasteiger partial charge is 0.496 e. The summed E-state index contributed by atoms with van der Waals surface area (Å²) in [4.78, 5) is 0. The highest BCUT2D eigenvalue weighted by Gasteiger charge is 2.40. The monoisotopic (exact) mass is 249 g/mol. The van der Waals surface area contributed by atoms with Crippen molar-refractivity contribution in [3.8, 4) is 17.2 Å². The zero-order chi connectivity index (χ0) is 12.6. The molecule has 1 saturated carbocycles. The maximum atomic E-state index is 6.46. The van der Waals surface area contributed by atoms with E-state index in [0.29, 0.717) is 13.2 Å². The molecular weight excluding hydrogens is 230 g/mol. The Morgan fingerprint density at radius 3 is 2.61 bits per heavy atom. The molecule has 0 bridgehead atoms. The maximum Gasteiger partial charge on any atom is 0.169 e. The Bertz CT molecular complexity index is 455. The number of nitrogens with two attached hydrogens (primary N) is 1. The average Bonchev–Trinajstić information content (AvgIpc) is 2.59. The van der Waals surface area contributed by atoms with Crippen LogP contribution in [-0.4, -0.2) is 20.3 Å². The number of benzene rings is 1. The summed E-state index contributed by atoms with van der Waals surface area (Å²) in [7, 11) is 1.67. The molecule has 4 nitrogen and oxygen atoms in total. The molecule has 0 spiro atoms. The van der Waals surface area contributed by atoms with E-state index in [9.17, 15) is 0 Å². The molecule has 0 aromatic heterocycles. The number of rotatable bonds is 2. The Labute approximate surface area is 107 Å². The molecule has 1 fully saturated rings. The van der Waals surface area contributed by atoms with Crippen molar-refractivity contribution in [2.45, 2.75) is 31.2 Å². The molecule has 4 heteroatoms. The van der Waals surface area contributed by atoms with Gasteiger partial charge in [0.25, 0.3) is 0 Å². The molecule has 1 aliphatic carbocycles. The summed E-state index contributed by atoms with van der Waals surface area (Å²) in [6.45, 7) is 1.36. The maximum absolute atomic E-state index is 6.46. The summed E-state index contributed by atoms with van der Waals surface area (Å²) < 4.78 is 17.0. The Balaban J connectivity index is 2.13. The minimum Gasteiger partial charge on any atom is -0.496 e. The summed E-state index contributed by atoms with van der Waals surface area (Å²) >= 11 is 0. The topological polar surface area (TPSA) is 53.7 Å². The van der Waals surface area contributed by atoms with Gasteiger partial charge in [0, 0.05) is 12.0 Å². The minimum absolute atomic E-state index is 0.315. The van der Waals surface area contributed by atoms with E-state index in [1.807, 2.05) is 12.1 Å². The lowest BCUT2D eigenvalue weighted by Crippen LogP contribution is -2.43. The van der Waals surface area contributed by atoms with Crippen molar-refractivity contribution in [3.05, 3.63) is 17.7 Å². The predicted octanol–water partition coefficient (Wildman–Crippen LogP) is 2.19. The Hall–Kier alpha value is -1.42. The first kappa shape index (κ1) is 11.7. The number of fused-ring (bicyclic) bond motifs is 1. The number of methoxy groups -OCH3 is 1. The second kappa shape index (κ2) is 4.35. The van der Waals surface area contributed by atoms with E-state index in [4.69, 9.17) is 19.9 Å². The quantitative estimate of drug-likeness (QED) is 0.873. The molecule has 2 N–H and O–H groups in total. The van der Waals surface area contributed by atoms with E-state index < -0.39 is 0 Å². The first-order valence-electron chi connectivity index (χ1n) is 6.50. The first-order valence-corrected chi connectivity index (χ1v) is 6.50. The van der Waals surface area contributed by atoms with E-state index in [0.717, 1.165) is 48.5 Å². The van der Waals surface area contributed by atoms with Gasteiger partial charge in [0.1, 0.15) is 5.75 Å². The molecule has 0 radical (unpaired) electrons. The lowest BCUT2D eigenvalue weighted by atomic mass is 9.72. The molecule has 98 valence electrons. The van der Waals surface area contributed by atoms with Crippen LogP contribution >= 0.6 is 0 Å². The molecule has 1 heterocycles. The third-order valence-corrected chi connectivity index (χ3v) is 3.84. The molecule has 0 unspecified atom stereocenters. The van der Waals surface area contributed by atoms with Crippen molar-refractivity contribution in [1.29, 1.82) is 0 Å². The Morgan fingerprint density at radius 1 is 1.17 bits per heavy atom. The molecule has 3 rings (SSSR count). The van der Waals surface area contributed by atoms with E-state index in [2.05, 4.69) is 0 Å². The normalized spacial score (nSPS) is 20.8. The van der Waals surface area contributed by atoms with Gasteiger partial charge in [-0.3, -0.25) is 0 Å². The van der Waals surface area contributed by atoms with Crippen LogP contribution in [0.1, 0.15) is 31.2 Å². The van der Waals surface area contributed by atoms with Gasteiger partial charge in [-0.25, -0.2) is 0 Å². The van der Waals surface area contributed by atoms with Crippen LogP contribution < -0.4 is 19.9 Å². The van der Waals surface area contributed by atoms with Gasteiger partial charge in [-0.05, 0) is 31.4 Å². The fourth-order valence-corrected chi connectivity index (χ4v) is 2.67. The van der Waals surface area contributed by atoms with Crippen LogP contribution in [0.15, 0.2) is 12.1 Å². The standard InChI is InChI=1S/C14H19NO3/c1-16-10-4-5-11-13(18-9-3-8-17-11)12(10)14(15)6-2-7-14/h4-5H,2-3,6-9,15H2,1H3. The van der Waals surface area contributed by atoms with E-state index in [1.165, 1.54) is 0 Å². The van der Waals surface area contributed by atoms with Crippen molar-refractivity contribution in [2.75, 3.05) is 20.3 Å². The average molecular weight is 249 g/mol. The van der Waals surface area contributed by atoms with Gasteiger partial charge < -0.3 is 19.9 Å². The first-order chi connectivity index (χ1) is 8.74.